The first-order chi connectivity index (χ1) is 15.5. The topological polar surface area (TPSA) is 97.6 Å². The van der Waals surface area contributed by atoms with E-state index in [1.165, 1.54) is 10.6 Å². The molecule has 2 aromatic carbocycles. The summed E-state index contributed by atoms with van der Waals surface area (Å²) in [5, 5.41) is 13.0. The van der Waals surface area contributed by atoms with Crippen molar-refractivity contribution in [1.29, 1.82) is 0 Å². The van der Waals surface area contributed by atoms with Crippen LogP contribution in [0.2, 0.25) is 0 Å². The minimum Gasteiger partial charge on any atom is -0.497 e. The third kappa shape index (κ3) is 4.20. The highest BCUT2D eigenvalue weighted by atomic mass is 16.5. The van der Waals surface area contributed by atoms with E-state index in [4.69, 9.17) is 4.74 Å². The highest BCUT2D eigenvalue weighted by Gasteiger charge is 2.26. The molecular formula is C25H24N2O5. The standard InChI is InChI=1S/C25H24N2O5/c1-32-18-12-10-16(11-13-18)23(29)15-26-24(30)20-14-19-21(8-5-9-22(19)28)27(25(20)31)17-6-3-2-4-7-17/h2-4,6-7,10-14,23,29H,5,8-9,15H2,1H3,(H,26,30). The number of hydrogen-bond donors (Lipinski definition) is 2. The number of pyridine rings is 1. The molecule has 1 aromatic heterocycles. The number of aliphatic hydroxyl groups is 1. The maximum absolute atomic E-state index is 13.3. The number of carbonyl (C=O) groups excluding carboxylic acids is 2. The zero-order chi connectivity index (χ0) is 22.7. The van der Waals surface area contributed by atoms with Crippen LogP contribution in [-0.4, -0.2) is 35.0 Å². The third-order valence-corrected chi connectivity index (χ3v) is 5.64. The molecule has 0 spiro atoms. The van der Waals surface area contributed by atoms with Crippen LogP contribution in [0.25, 0.3) is 5.69 Å². The van der Waals surface area contributed by atoms with Gasteiger partial charge in [0.2, 0.25) is 0 Å². The number of benzene rings is 2. The number of methoxy groups -OCH3 is 1. The number of fused-ring (bicyclic) bond motifs is 1. The zero-order valence-electron chi connectivity index (χ0n) is 17.7. The molecule has 1 atom stereocenters. The minimum absolute atomic E-state index is 0.0803. The number of aliphatic hydroxyl groups excluding tert-OH is 1. The van der Waals surface area contributed by atoms with Crippen molar-refractivity contribution in [3.63, 3.8) is 0 Å². The Hall–Kier alpha value is -3.71. The summed E-state index contributed by atoms with van der Waals surface area (Å²) >= 11 is 0. The quantitative estimate of drug-likeness (QED) is 0.624. The van der Waals surface area contributed by atoms with Gasteiger partial charge < -0.3 is 15.2 Å². The second kappa shape index (κ2) is 9.20. The number of para-hydroxylation sites is 1. The summed E-state index contributed by atoms with van der Waals surface area (Å²) in [5.41, 5.74) is 1.64. The predicted molar refractivity (Wildman–Crippen MR) is 120 cm³/mol. The number of Topliss-reactive ketones (excluding diaryl/α,β-unsaturated/α-hetero) is 1. The fraction of sp³-hybridized carbons (Fsp3) is 0.240. The molecule has 1 heterocycles. The lowest BCUT2D eigenvalue weighted by Crippen LogP contribution is -2.37. The molecule has 0 fully saturated rings. The summed E-state index contributed by atoms with van der Waals surface area (Å²) in [4.78, 5) is 38.8. The van der Waals surface area contributed by atoms with Crippen LogP contribution in [0.3, 0.4) is 0 Å². The fourth-order valence-corrected chi connectivity index (χ4v) is 3.93. The summed E-state index contributed by atoms with van der Waals surface area (Å²) in [6.07, 6.45) is 0.679. The molecule has 2 N–H and O–H groups in total. The van der Waals surface area contributed by atoms with Gasteiger partial charge >= 0.3 is 0 Å². The Kier molecular flexibility index (Phi) is 6.18. The molecular weight excluding hydrogens is 408 g/mol. The second-order valence-corrected chi connectivity index (χ2v) is 7.67. The number of amides is 1. The van der Waals surface area contributed by atoms with Crippen molar-refractivity contribution < 1.29 is 19.4 Å². The van der Waals surface area contributed by atoms with Gasteiger partial charge in [-0.2, -0.15) is 0 Å². The number of aromatic nitrogens is 1. The summed E-state index contributed by atoms with van der Waals surface area (Å²) < 4.78 is 6.56. The number of ether oxygens (including phenoxy) is 1. The second-order valence-electron chi connectivity index (χ2n) is 7.67. The van der Waals surface area contributed by atoms with Crippen molar-refractivity contribution in [3.05, 3.63) is 93.4 Å². The van der Waals surface area contributed by atoms with Crippen LogP contribution in [0.15, 0.2) is 65.5 Å². The number of ketones is 1. The Morgan fingerprint density at radius 1 is 1.09 bits per heavy atom. The number of nitrogens with one attached hydrogen (secondary N) is 1. The van der Waals surface area contributed by atoms with Crippen molar-refractivity contribution in [3.8, 4) is 11.4 Å². The largest absolute Gasteiger partial charge is 0.497 e. The SMILES string of the molecule is COc1ccc(C(O)CNC(=O)c2cc3c(n(-c4ccccc4)c2=O)CCCC3=O)cc1. The van der Waals surface area contributed by atoms with Crippen LogP contribution < -0.4 is 15.6 Å². The van der Waals surface area contributed by atoms with E-state index in [0.29, 0.717) is 47.5 Å². The third-order valence-electron chi connectivity index (χ3n) is 5.64. The molecule has 1 aliphatic rings. The summed E-state index contributed by atoms with van der Waals surface area (Å²) in [5.74, 6) is -0.0539. The zero-order valence-corrected chi connectivity index (χ0v) is 17.7. The summed E-state index contributed by atoms with van der Waals surface area (Å²) in [6, 6.07) is 17.2. The Morgan fingerprint density at radius 3 is 2.50 bits per heavy atom. The Balaban J connectivity index is 1.64. The summed E-state index contributed by atoms with van der Waals surface area (Å²) in [6.45, 7) is -0.0824. The normalized spacial score (nSPS) is 13.9. The molecule has 0 saturated carbocycles. The number of rotatable bonds is 6. The first-order valence-electron chi connectivity index (χ1n) is 10.5. The van der Waals surface area contributed by atoms with Gasteiger partial charge in [0.15, 0.2) is 5.78 Å². The molecule has 1 amide bonds. The Morgan fingerprint density at radius 2 is 1.81 bits per heavy atom. The van der Waals surface area contributed by atoms with Crippen LogP contribution in [0.5, 0.6) is 5.75 Å². The number of carbonyl (C=O) groups is 2. The smallest absolute Gasteiger partial charge is 0.268 e. The van der Waals surface area contributed by atoms with E-state index in [1.54, 1.807) is 55.6 Å². The molecule has 0 radical (unpaired) electrons. The van der Waals surface area contributed by atoms with Gasteiger partial charge in [-0.05, 0) is 48.7 Å². The van der Waals surface area contributed by atoms with Crippen molar-refractivity contribution in [2.75, 3.05) is 13.7 Å². The van der Waals surface area contributed by atoms with E-state index in [9.17, 15) is 19.5 Å². The van der Waals surface area contributed by atoms with Gasteiger partial charge in [-0.1, -0.05) is 30.3 Å². The fourth-order valence-electron chi connectivity index (χ4n) is 3.93. The van der Waals surface area contributed by atoms with E-state index in [0.717, 1.165) is 0 Å². The maximum atomic E-state index is 13.3. The van der Waals surface area contributed by atoms with Crippen molar-refractivity contribution >= 4 is 11.7 Å². The maximum Gasteiger partial charge on any atom is 0.268 e. The van der Waals surface area contributed by atoms with Gasteiger partial charge in [0, 0.05) is 29.9 Å². The van der Waals surface area contributed by atoms with Gasteiger partial charge in [-0.15, -0.1) is 0 Å². The molecule has 0 aliphatic heterocycles. The number of hydrogen-bond acceptors (Lipinski definition) is 5. The molecule has 0 saturated heterocycles. The molecule has 1 unspecified atom stereocenters. The molecule has 164 valence electrons. The average Bonchev–Trinajstić information content (AvgIpc) is 2.83. The summed E-state index contributed by atoms with van der Waals surface area (Å²) in [7, 11) is 1.55. The lowest BCUT2D eigenvalue weighted by molar-refractivity contribution is 0.0914. The minimum atomic E-state index is -0.958. The highest BCUT2D eigenvalue weighted by molar-refractivity contribution is 6.02. The lowest BCUT2D eigenvalue weighted by Gasteiger charge is -2.22. The molecule has 7 nitrogen and oxygen atoms in total. The van der Waals surface area contributed by atoms with Crippen LogP contribution in [-0.2, 0) is 6.42 Å². The van der Waals surface area contributed by atoms with E-state index >= 15 is 0 Å². The van der Waals surface area contributed by atoms with E-state index in [1.807, 2.05) is 6.07 Å². The Bertz CT molecular complexity index is 1200. The van der Waals surface area contributed by atoms with Crippen molar-refractivity contribution in [2.45, 2.75) is 25.4 Å². The molecule has 7 heteroatoms. The van der Waals surface area contributed by atoms with E-state index < -0.39 is 17.6 Å². The average molecular weight is 432 g/mol. The van der Waals surface area contributed by atoms with Crippen LogP contribution >= 0.6 is 0 Å². The van der Waals surface area contributed by atoms with Gasteiger partial charge in [-0.3, -0.25) is 19.0 Å². The van der Waals surface area contributed by atoms with Gasteiger partial charge in [0.05, 0.1) is 13.2 Å². The van der Waals surface area contributed by atoms with Gasteiger partial charge in [0.25, 0.3) is 11.5 Å². The van der Waals surface area contributed by atoms with Crippen LogP contribution in [0, 0.1) is 0 Å². The highest BCUT2D eigenvalue weighted by Crippen LogP contribution is 2.24. The molecule has 0 bridgehead atoms. The van der Waals surface area contributed by atoms with Crippen molar-refractivity contribution in [1.82, 2.24) is 9.88 Å². The predicted octanol–water partition coefficient (Wildman–Crippen LogP) is 2.83. The van der Waals surface area contributed by atoms with Gasteiger partial charge in [-0.25, -0.2) is 0 Å². The van der Waals surface area contributed by atoms with Crippen molar-refractivity contribution in [2.24, 2.45) is 0 Å². The first kappa shape index (κ1) is 21.5. The molecule has 3 aromatic rings. The monoisotopic (exact) mass is 432 g/mol. The molecule has 4 rings (SSSR count). The Labute approximate surface area is 185 Å². The van der Waals surface area contributed by atoms with Crippen LogP contribution in [0.4, 0.5) is 0 Å². The number of nitrogens with zero attached hydrogens (tertiary/aromatic N) is 1. The lowest BCUT2D eigenvalue weighted by atomic mass is 9.92. The van der Waals surface area contributed by atoms with Gasteiger partial charge in [0.1, 0.15) is 11.3 Å². The van der Waals surface area contributed by atoms with Crippen LogP contribution in [0.1, 0.15) is 50.9 Å². The first-order valence-corrected chi connectivity index (χ1v) is 10.5. The molecule has 32 heavy (non-hydrogen) atoms. The van der Waals surface area contributed by atoms with E-state index in [-0.39, 0.29) is 17.9 Å². The van der Waals surface area contributed by atoms with E-state index in [2.05, 4.69) is 5.32 Å². The molecule has 1 aliphatic carbocycles.